The quantitative estimate of drug-likeness (QED) is 0.705. The van der Waals surface area contributed by atoms with Gasteiger partial charge in [0, 0.05) is 12.3 Å². The van der Waals surface area contributed by atoms with Gasteiger partial charge in [-0.2, -0.15) is 0 Å². The van der Waals surface area contributed by atoms with E-state index in [1.807, 2.05) is 0 Å². The summed E-state index contributed by atoms with van der Waals surface area (Å²) in [6.45, 7) is 1.22. The van der Waals surface area contributed by atoms with Crippen LogP contribution in [0.5, 0.6) is 0 Å². The first-order valence-corrected chi connectivity index (χ1v) is 12.3. The number of pyridine rings is 1. The molecule has 2 heterocycles. The standard InChI is InChI=1S/C25H36N2O5/c1-31-24(30)25(13-7-4-8-14-25)26-22(28)20-16-18-10-5-2-3-6-12-21(18)27(23(20)29)17-19-11-9-15-32-19/h16,19H,2-15,17H2,1H3,(H,26,28). The Morgan fingerprint density at radius 2 is 1.81 bits per heavy atom. The summed E-state index contributed by atoms with van der Waals surface area (Å²) < 4.78 is 12.7. The topological polar surface area (TPSA) is 86.6 Å². The molecule has 7 nitrogen and oxygen atoms in total. The van der Waals surface area contributed by atoms with Gasteiger partial charge in [-0.1, -0.05) is 32.1 Å². The molecule has 0 bridgehead atoms. The molecule has 1 N–H and O–H groups in total. The van der Waals surface area contributed by atoms with Crippen LogP contribution < -0.4 is 10.9 Å². The Morgan fingerprint density at radius 1 is 1.09 bits per heavy atom. The van der Waals surface area contributed by atoms with Crippen LogP contribution in [0.1, 0.15) is 92.2 Å². The van der Waals surface area contributed by atoms with E-state index in [9.17, 15) is 14.4 Å². The van der Waals surface area contributed by atoms with Crippen LogP contribution in [0.3, 0.4) is 0 Å². The first-order valence-electron chi connectivity index (χ1n) is 12.3. The molecule has 1 aromatic rings. The Bertz CT molecular complexity index is 894. The zero-order valence-electron chi connectivity index (χ0n) is 19.2. The second kappa shape index (κ2) is 10.2. The molecule has 176 valence electrons. The number of fused-ring (bicyclic) bond motifs is 1. The number of nitrogens with zero attached hydrogens (tertiary/aromatic N) is 1. The highest BCUT2D eigenvalue weighted by molar-refractivity contribution is 5.98. The molecule has 4 rings (SSSR count). The number of rotatable bonds is 5. The zero-order valence-corrected chi connectivity index (χ0v) is 19.2. The van der Waals surface area contributed by atoms with Gasteiger partial charge in [0.25, 0.3) is 11.5 Å². The molecule has 1 saturated heterocycles. The van der Waals surface area contributed by atoms with E-state index in [4.69, 9.17) is 9.47 Å². The van der Waals surface area contributed by atoms with Crippen molar-refractivity contribution in [2.75, 3.05) is 13.7 Å². The lowest BCUT2D eigenvalue weighted by Crippen LogP contribution is -2.57. The van der Waals surface area contributed by atoms with Gasteiger partial charge in [-0.05, 0) is 63.0 Å². The highest BCUT2D eigenvalue weighted by Gasteiger charge is 2.42. The van der Waals surface area contributed by atoms with Crippen LogP contribution in [0.2, 0.25) is 0 Å². The van der Waals surface area contributed by atoms with Crippen LogP contribution in [-0.4, -0.2) is 41.8 Å². The van der Waals surface area contributed by atoms with Gasteiger partial charge in [-0.15, -0.1) is 0 Å². The lowest BCUT2D eigenvalue weighted by Gasteiger charge is -2.35. The van der Waals surface area contributed by atoms with E-state index in [0.717, 1.165) is 88.5 Å². The van der Waals surface area contributed by atoms with E-state index in [0.29, 0.717) is 19.4 Å². The summed E-state index contributed by atoms with van der Waals surface area (Å²) in [7, 11) is 1.35. The van der Waals surface area contributed by atoms with Crippen molar-refractivity contribution in [1.29, 1.82) is 0 Å². The Balaban J connectivity index is 1.70. The summed E-state index contributed by atoms with van der Waals surface area (Å²) in [6, 6.07) is 1.79. The zero-order chi connectivity index (χ0) is 22.6. The summed E-state index contributed by atoms with van der Waals surface area (Å²) >= 11 is 0. The van der Waals surface area contributed by atoms with Gasteiger partial charge < -0.3 is 19.4 Å². The molecule has 32 heavy (non-hydrogen) atoms. The number of ether oxygens (including phenoxy) is 2. The van der Waals surface area contributed by atoms with Gasteiger partial charge in [0.15, 0.2) is 0 Å². The largest absolute Gasteiger partial charge is 0.467 e. The maximum absolute atomic E-state index is 13.6. The third kappa shape index (κ3) is 4.77. The van der Waals surface area contributed by atoms with Crippen molar-refractivity contribution in [2.24, 2.45) is 0 Å². The van der Waals surface area contributed by atoms with E-state index in [1.165, 1.54) is 7.11 Å². The van der Waals surface area contributed by atoms with E-state index in [-0.39, 0.29) is 17.2 Å². The first-order chi connectivity index (χ1) is 15.5. The average Bonchev–Trinajstić information content (AvgIpc) is 3.29. The summed E-state index contributed by atoms with van der Waals surface area (Å²) in [6.07, 6.45) is 11.9. The minimum Gasteiger partial charge on any atom is -0.467 e. The molecule has 1 unspecified atom stereocenters. The minimum atomic E-state index is -1.04. The number of aryl methyl sites for hydroxylation is 1. The molecule has 2 fully saturated rings. The Hall–Kier alpha value is -2.15. The second-order valence-electron chi connectivity index (χ2n) is 9.58. The monoisotopic (exact) mass is 444 g/mol. The molecule has 0 aromatic carbocycles. The van der Waals surface area contributed by atoms with Crippen molar-refractivity contribution < 1.29 is 19.1 Å². The average molecular weight is 445 g/mol. The normalized spacial score (nSPS) is 23.0. The molecule has 1 aliphatic heterocycles. The van der Waals surface area contributed by atoms with Crippen LogP contribution in [0, 0.1) is 0 Å². The molecule has 3 aliphatic rings. The van der Waals surface area contributed by atoms with E-state index < -0.39 is 17.4 Å². The van der Waals surface area contributed by atoms with Gasteiger partial charge in [-0.25, -0.2) is 4.79 Å². The fourth-order valence-corrected chi connectivity index (χ4v) is 5.60. The molecule has 2 aliphatic carbocycles. The van der Waals surface area contributed by atoms with Crippen LogP contribution >= 0.6 is 0 Å². The molecule has 0 radical (unpaired) electrons. The van der Waals surface area contributed by atoms with Crippen molar-refractivity contribution in [2.45, 2.75) is 102 Å². The summed E-state index contributed by atoms with van der Waals surface area (Å²) in [5, 5.41) is 2.94. The highest BCUT2D eigenvalue weighted by atomic mass is 16.5. The maximum Gasteiger partial charge on any atom is 0.331 e. The van der Waals surface area contributed by atoms with Crippen LogP contribution in [0.4, 0.5) is 0 Å². The van der Waals surface area contributed by atoms with Crippen LogP contribution in [-0.2, 0) is 33.7 Å². The number of carbonyl (C=O) groups excluding carboxylic acids is 2. The lowest BCUT2D eigenvalue weighted by atomic mass is 9.81. The Labute approximate surface area is 189 Å². The molecular formula is C25H36N2O5. The predicted molar refractivity (Wildman–Crippen MR) is 121 cm³/mol. The van der Waals surface area contributed by atoms with Crippen molar-refractivity contribution in [3.63, 3.8) is 0 Å². The summed E-state index contributed by atoms with van der Waals surface area (Å²) in [5.74, 6) is -0.885. The van der Waals surface area contributed by atoms with Crippen molar-refractivity contribution in [3.05, 3.63) is 33.2 Å². The van der Waals surface area contributed by atoms with Crippen LogP contribution in [0.15, 0.2) is 10.9 Å². The number of esters is 1. The molecule has 1 atom stereocenters. The molecule has 0 spiro atoms. The fourth-order valence-electron chi connectivity index (χ4n) is 5.60. The van der Waals surface area contributed by atoms with Gasteiger partial charge >= 0.3 is 5.97 Å². The van der Waals surface area contributed by atoms with Gasteiger partial charge in [0.2, 0.25) is 0 Å². The number of aromatic nitrogens is 1. The van der Waals surface area contributed by atoms with Crippen molar-refractivity contribution in [3.8, 4) is 0 Å². The predicted octanol–water partition coefficient (Wildman–Crippen LogP) is 3.29. The number of hydrogen-bond donors (Lipinski definition) is 1. The van der Waals surface area contributed by atoms with Crippen molar-refractivity contribution in [1.82, 2.24) is 9.88 Å². The minimum absolute atomic E-state index is 0.0142. The van der Waals surface area contributed by atoms with Gasteiger partial charge in [0.1, 0.15) is 11.1 Å². The van der Waals surface area contributed by atoms with Crippen LogP contribution in [0.25, 0.3) is 0 Å². The fraction of sp³-hybridized carbons (Fsp3) is 0.720. The molecule has 1 aromatic heterocycles. The lowest BCUT2D eigenvalue weighted by molar-refractivity contribution is -0.149. The number of methoxy groups -OCH3 is 1. The third-order valence-electron chi connectivity index (χ3n) is 7.39. The van der Waals surface area contributed by atoms with Gasteiger partial charge in [-0.3, -0.25) is 9.59 Å². The highest BCUT2D eigenvalue weighted by Crippen LogP contribution is 2.30. The molecule has 7 heteroatoms. The molecule has 1 saturated carbocycles. The third-order valence-corrected chi connectivity index (χ3v) is 7.39. The number of amides is 1. The van der Waals surface area contributed by atoms with E-state index >= 15 is 0 Å². The first kappa shape index (κ1) is 23.0. The molecule has 1 amide bonds. The maximum atomic E-state index is 13.6. The number of hydrogen-bond acceptors (Lipinski definition) is 5. The Kier molecular flexibility index (Phi) is 7.33. The van der Waals surface area contributed by atoms with E-state index in [2.05, 4.69) is 5.32 Å². The molecular weight excluding hydrogens is 408 g/mol. The van der Waals surface area contributed by atoms with Gasteiger partial charge in [0.05, 0.1) is 19.8 Å². The number of nitrogens with one attached hydrogen (secondary N) is 1. The number of carbonyl (C=O) groups is 2. The SMILES string of the molecule is COC(=O)C1(NC(=O)c2cc3c(n(CC4CCCO4)c2=O)CCCCCC3)CCCCC1. The summed E-state index contributed by atoms with van der Waals surface area (Å²) in [5.41, 5.74) is 0.967. The summed E-state index contributed by atoms with van der Waals surface area (Å²) in [4.78, 5) is 39.6. The second-order valence-corrected chi connectivity index (χ2v) is 9.58. The smallest absolute Gasteiger partial charge is 0.331 e. The Morgan fingerprint density at radius 3 is 2.50 bits per heavy atom. The van der Waals surface area contributed by atoms with Crippen molar-refractivity contribution >= 4 is 11.9 Å². The van der Waals surface area contributed by atoms with E-state index in [1.54, 1.807) is 10.6 Å².